The van der Waals surface area contributed by atoms with E-state index in [1.807, 2.05) is 0 Å². The third-order valence-electron chi connectivity index (χ3n) is 3.67. The molecule has 2 rings (SSSR count). The van der Waals surface area contributed by atoms with E-state index in [-0.39, 0.29) is 10.4 Å². The van der Waals surface area contributed by atoms with Crippen LogP contribution in [0.2, 0.25) is 0 Å². The molecule has 2 aromatic rings. The molecule has 0 radical (unpaired) electrons. The van der Waals surface area contributed by atoms with Gasteiger partial charge in [-0.15, -0.1) is 16.1 Å². The minimum Gasteiger partial charge on any atom is -0.598 e. The Morgan fingerprint density at radius 2 is 2.00 bits per heavy atom. The zero-order chi connectivity index (χ0) is 19.8. The lowest BCUT2D eigenvalue weighted by molar-refractivity contribution is -0.0881. The molecule has 0 amide bonds. The highest BCUT2D eigenvalue weighted by atomic mass is 79.9. The van der Waals surface area contributed by atoms with Crippen LogP contribution in [0.1, 0.15) is 43.8 Å². The molecular formula is C16H17BrF2N4OS2. The van der Waals surface area contributed by atoms with E-state index in [0.29, 0.717) is 4.47 Å². The Labute approximate surface area is 166 Å². The van der Waals surface area contributed by atoms with Crippen molar-refractivity contribution >= 4 is 38.6 Å². The lowest BCUT2D eigenvalue weighted by Gasteiger charge is -2.39. The van der Waals surface area contributed by atoms with E-state index in [4.69, 9.17) is 0 Å². The molecule has 0 bridgehead atoms. The van der Waals surface area contributed by atoms with E-state index in [2.05, 4.69) is 30.6 Å². The molecule has 0 aliphatic rings. The molecule has 2 atom stereocenters. The van der Waals surface area contributed by atoms with Gasteiger partial charge in [-0.05, 0) is 49.7 Å². The van der Waals surface area contributed by atoms with Gasteiger partial charge >= 0.3 is 5.92 Å². The van der Waals surface area contributed by atoms with E-state index in [1.165, 1.54) is 6.92 Å². The molecule has 1 N–H and O–H groups in total. The Hall–Kier alpha value is -1.12. The predicted molar refractivity (Wildman–Crippen MR) is 101 cm³/mol. The van der Waals surface area contributed by atoms with Crippen LogP contribution in [-0.4, -0.2) is 19.3 Å². The monoisotopic (exact) mass is 462 g/mol. The lowest BCUT2D eigenvalue weighted by Crippen LogP contribution is -2.57. The first-order chi connectivity index (χ1) is 11.9. The second-order valence-electron chi connectivity index (χ2n) is 6.71. The summed E-state index contributed by atoms with van der Waals surface area (Å²) in [6.45, 7) is 6.32. The van der Waals surface area contributed by atoms with E-state index in [9.17, 15) is 9.81 Å². The van der Waals surface area contributed by atoms with Crippen LogP contribution >= 0.6 is 27.3 Å². The van der Waals surface area contributed by atoms with Crippen molar-refractivity contribution in [3.05, 3.63) is 44.6 Å². The van der Waals surface area contributed by atoms with Crippen molar-refractivity contribution in [3.63, 3.8) is 0 Å². The van der Waals surface area contributed by atoms with Crippen LogP contribution in [0.15, 0.2) is 28.4 Å². The zero-order valence-electron chi connectivity index (χ0n) is 14.5. The number of nitrogens with one attached hydrogen (secondary N) is 1. The van der Waals surface area contributed by atoms with Gasteiger partial charge in [-0.3, -0.25) is 0 Å². The Morgan fingerprint density at radius 1 is 1.35 bits per heavy atom. The summed E-state index contributed by atoms with van der Waals surface area (Å²) in [5.74, 6) is -3.63. The van der Waals surface area contributed by atoms with E-state index in [1.54, 1.807) is 38.3 Å². The number of aromatic nitrogens is 2. The summed E-state index contributed by atoms with van der Waals surface area (Å²) in [4.78, 5) is 7.55. The van der Waals surface area contributed by atoms with Crippen molar-refractivity contribution < 1.29 is 13.3 Å². The van der Waals surface area contributed by atoms with E-state index < -0.39 is 33.3 Å². The topological polar surface area (TPSA) is 84.7 Å². The summed E-state index contributed by atoms with van der Waals surface area (Å²) in [7, 11) is 0. The average Bonchev–Trinajstić information content (AvgIpc) is 3.00. The first-order valence-corrected chi connectivity index (χ1v) is 10.3. The molecule has 0 fully saturated rings. The number of hydrogen-bond donors (Lipinski definition) is 1. The van der Waals surface area contributed by atoms with Gasteiger partial charge in [-0.25, -0.2) is 9.97 Å². The van der Waals surface area contributed by atoms with E-state index >= 15 is 8.78 Å². The number of rotatable bonds is 5. The fraction of sp³-hybridized carbons (Fsp3) is 0.438. The number of nitriles is 1. The molecule has 140 valence electrons. The molecule has 0 saturated heterocycles. The zero-order valence-corrected chi connectivity index (χ0v) is 17.7. The Bertz CT molecular complexity index is 834. The number of alkyl halides is 2. The van der Waals surface area contributed by atoms with Gasteiger partial charge in [0.1, 0.15) is 22.8 Å². The van der Waals surface area contributed by atoms with Gasteiger partial charge < -0.3 is 4.55 Å². The van der Waals surface area contributed by atoms with Gasteiger partial charge in [0.25, 0.3) is 0 Å². The molecular weight excluding hydrogens is 446 g/mol. The second kappa shape index (κ2) is 7.48. The Balaban J connectivity index is 2.65. The summed E-state index contributed by atoms with van der Waals surface area (Å²) in [6.07, 6.45) is 2.01. The van der Waals surface area contributed by atoms with Gasteiger partial charge in [-0.2, -0.15) is 14.0 Å². The first-order valence-electron chi connectivity index (χ1n) is 7.46. The molecule has 0 aliphatic heterocycles. The maximum Gasteiger partial charge on any atom is 0.317 e. The van der Waals surface area contributed by atoms with Crippen molar-refractivity contribution in [2.75, 3.05) is 0 Å². The van der Waals surface area contributed by atoms with Crippen LogP contribution in [0.5, 0.6) is 0 Å². The average molecular weight is 463 g/mol. The number of nitrogens with zero attached hydrogens (tertiary/aromatic N) is 3. The Kier molecular flexibility index (Phi) is 6.09. The molecule has 2 heterocycles. The van der Waals surface area contributed by atoms with Crippen molar-refractivity contribution in [2.45, 2.75) is 43.9 Å². The van der Waals surface area contributed by atoms with Crippen LogP contribution < -0.4 is 4.72 Å². The SMILES string of the molecule is CC(C)(C)[S@@+]([O-])NC(C)(c1cc(Br)cs1)C(F)(F)c1ncncc1C#N. The summed E-state index contributed by atoms with van der Waals surface area (Å²) in [6, 6.07) is 3.24. The van der Waals surface area contributed by atoms with Gasteiger partial charge in [0, 0.05) is 32.3 Å². The smallest absolute Gasteiger partial charge is 0.317 e. The summed E-state index contributed by atoms with van der Waals surface area (Å²) in [5.41, 5.74) is -3.09. The van der Waals surface area contributed by atoms with Crippen LogP contribution in [0, 0.1) is 11.3 Å². The van der Waals surface area contributed by atoms with Gasteiger partial charge in [0.05, 0.1) is 5.56 Å². The molecule has 10 heteroatoms. The number of hydrogen-bond acceptors (Lipinski definition) is 6. The normalized spacial score (nSPS) is 16.0. The van der Waals surface area contributed by atoms with Gasteiger partial charge in [0.15, 0.2) is 5.54 Å². The maximum atomic E-state index is 15.6. The van der Waals surface area contributed by atoms with Crippen LogP contribution in [0.3, 0.4) is 0 Å². The summed E-state index contributed by atoms with van der Waals surface area (Å²) in [5, 5.41) is 10.8. The van der Waals surface area contributed by atoms with E-state index in [0.717, 1.165) is 23.9 Å². The number of thiophene rings is 1. The largest absolute Gasteiger partial charge is 0.598 e. The molecule has 26 heavy (non-hydrogen) atoms. The third-order valence-corrected chi connectivity index (χ3v) is 7.29. The minimum absolute atomic E-state index is 0.259. The van der Waals surface area contributed by atoms with Crippen molar-refractivity contribution in [1.82, 2.24) is 14.7 Å². The molecule has 5 nitrogen and oxygen atoms in total. The maximum absolute atomic E-state index is 15.6. The standard InChI is InChI=1S/C16H17BrF2N4OS2/c1-14(2,3)26(24)23-15(4,12-5-11(17)8-25-12)16(18,19)13-10(6-20)7-21-9-22-13/h5,7-9,23H,1-4H3/t15?,26-/m1/s1. The fourth-order valence-corrected chi connectivity index (χ4v) is 4.64. The summed E-state index contributed by atoms with van der Waals surface area (Å²) >= 11 is 2.57. The quantitative estimate of drug-likeness (QED) is 0.671. The number of halogens is 3. The van der Waals surface area contributed by atoms with Crippen LogP contribution in [0.4, 0.5) is 8.78 Å². The van der Waals surface area contributed by atoms with Crippen molar-refractivity contribution in [3.8, 4) is 6.07 Å². The van der Waals surface area contributed by atoms with Gasteiger partial charge in [0.2, 0.25) is 0 Å². The molecule has 0 aromatic carbocycles. The predicted octanol–water partition coefficient (Wildman–Crippen LogP) is 4.23. The highest BCUT2D eigenvalue weighted by Gasteiger charge is 2.59. The van der Waals surface area contributed by atoms with Crippen LogP contribution in [-0.2, 0) is 22.8 Å². The molecule has 2 aromatic heterocycles. The highest BCUT2D eigenvalue weighted by molar-refractivity contribution is 9.10. The fourth-order valence-electron chi connectivity index (χ4n) is 2.08. The molecule has 0 spiro atoms. The van der Waals surface area contributed by atoms with Crippen molar-refractivity contribution in [1.29, 1.82) is 5.26 Å². The first kappa shape index (κ1) is 21.2. The highest BCUT2D eigenvalue weighted by Crippen LogP contribution is 2.48. The Morgan fingerprint density at radius 3 is 2.50 bits per heavy atom. The van der Waals surface area contributed by atoms with Crippen molar-refractivity contribution in [2.24, 2.45) is 0 Å². The molecule has 0 saturated carbocycles. The molecule has 1 unspecified atom stereocenters. The summed E-state index contributed by atoms with van der Waals surface area (Å²) < 4.78 is 46.4. The lowest BCUT2D eigenvalue weighted by atomic mass is 9.89. The van der Waals surface area contributed by atoms with Gasteiger partial charge in [-0.1, -0.05) is 0 Å². The minimum atomic E-state index is -3.63. The third kappa shape index (κ3) is 3.92. The second-order valence-corrected chi connectivity index (χ2v) is 10.5. The van der Waals surface area contributed by atoms with Crippen LogP contribution in [0.25, 0.3) is 0 Å². The molecule has 0 aliphatic carbocycles.